The fourth-order valence-electron chi connectivity index (χ4n) is 3.30. The van der Waals surface area contributed by atoms with E-state index in [1.165, 1.54) is 12.1 Å². The van der Waals surface area contributed by atoms with Crippen LogP contribution in [0.1, 0.15) is 21.5 Å². The average Bonchev–Trinajstić information content (AvgIpc) is 3.20. The summed E-state index contributed by atoms with van der Waals surface area (Å²) < 4.78 is 0. The lowest BCUT2D eigenvalue weighted by molar-refractivity contribution is -0.136. The molecule has 0 saturated carbocycles. The third-order valence-corrected chi connectivity index (χ3v) is 5.73. The Hall–Kier alpha value is -3.92. The zero-order chi connectivity index (χ0) is 22.3. The van der Waals surface area contributed by atoms with Crippen molar-refractivity contribution in [2.75, 3.05) is 11.4 Å². The summed E-state index contributed by atoms with van der Waals surface area (Å²) in [6, 6.07) is 11.1. The van der Waals surface area contributed by atoms with E-state index in [0.717, 1.165) is 16.7 Å². The van der Waals surface area contributed by atoms with Gasteiger partial charge in [0.2, 0.25) is 0 Å². The highest BCUT2D eigenvalue weighted by Crippen LogP contribution is 2.42. The lowest BCUT2D eigenvalue weighted by Gasteiger charge is -2.13. The number of fused-ring (bicyclic) bond motifs is 1. The first-order valence-corrected chi connectivity index (χ1v) is 9.87. The lowest BCUT2D eigenvalue weighted by atomic mass is 10.1. The zero-order valence-electron chi connectivity index (χ0n) is 16.1. The maximum Gasteiger partial charge on any atom is 0.335 e. The highest BCUT2D eigenvalue weighted by molar-refractivity contribution is 8.18. The second-order valence-corrected chi connectivity index (χ2v) is 7.78. The molecule has 31 heavy (non-hydrogen) atoms. The maximum atomic E-state index is 13.0. The molecule has 1 saturated heterocycles. The Bertz CT molecular complexity index is 1230. The van der Waals surface area contributed by atoms with Gasteiger partial charge in [-0.2, -0.15) is 0 Å². The number of aliphatic carboxylic acids is 1. The van der Waals surface area contributed by atoms with Crippen LogP contribution in [0.5, 0.6) is 0 Å². The van der Waals surface area contributed by atoms with Crippen LogP contribution in [-0.2, 0) is 14.4 Å². The number of aliphatic imine (C=N–C) groups is 1. The molecule has 2 amide bonds. The lowest BCUT2D eigenvalue weighted by Crippen LogP contribution is -2.32. The molecule has 0 bridgehead atoms. The van der Waals surface area contributed by atoms with Crippen molar-refractivity contribution in [2.45, 2.75) is 6.92 Å². The van der Waals surface area contributed by atoms with E-state index in [9.17, 15) is 24.3 Å². The molecular weight excluding hydrogens is 422 g/mol. The molecule has 0 unspecified atom stereocenters. The summed E-state index contributed by atoms with van der Waals surface area (Å²) in [5.74, 6) is -3.38. The Balaban J connectivity index is 1.75. The fourth-order valence-corrected chi connectivity index (χ4v) is 4.23. The SMILES string of the molecule is Cc1ccc(C(=O)O)cc1N=C1NC(=O)C(=C2C(=O)N(CC(=O)O)c3ccccc32)S1. The Morgan fingerprint density at radius 3 is 2.58 bits per heavy atom. The molecule has 4 rings (SSSR count). The molecule has 156 valence electrons. The van der Waals surface area contributed by atoms with E-state index in [1.807, 2.05) is 0 Å². The average molecular weight is 437 g/mol. The minimum absolute atomic E-state index is 0.0575. The van der Waals surface area contributed by atoms with E-state index in [1.54, 1.807) is 37.3 Å². The molecule has 0 spiro atoms. The normalized spacial score (nSPS) is 19.0. The van der Waals surface area contributed by atoms with Gasteiger partial charge < -0.3 is 15.5 Å². The Labute approximate surface area is 180 Å². The molecule has 1 fully saturated rings. The van der Waals surface area contributed by atoms with Crippen LogP contribution in [0.4, 0.5) is 11.4 Å². The number of carbonyl (C=O) groups is 4. The molecule has 2 aromatic carbocycles. The van der Waals surface area contributed by atoms with E-state index in [0.29, 0.717) is 22.5 Å². The van der Waals surface area contributed by atoms with Gasteiger partial charge in [-0.1, -0.05) is 24.3 Å². The van der Waals surface area contributed by atoms with Gasteiger partial charge in [-0.05, 0) is 42.4 Å². The molecule has 0 radical (unpaired) electrons. The van der Waals surface area contributed by atoms with E-state index in [2.05, 4.69) is 10.3 Å². The van der Waals surface area contributed by atoms with E-state index < -0.39 is 30.3 Å². The Morgan fingerprint density at radius 1 is 1.13 bits per heavy atom. The number of thioether (sulfide) groups is 1. The molecule has 2 heterocycles. The molecule has 2 aliphatic heterocycles. The van der Waals surface area contributed by atoms with Crippen molar-refractivity contribution >= 4 is 57.6 Å². The number of carboxylic acid groups (broad SMARTS) is 2. The van der Waals surface area contributed by atoms with Gasteiger partial charge in [-0.3, -0.25) is 19.3 Å². The number of amidine groups is 1. The highest BCUT2D eigenvalue weighted by atomic mass is 32.2. The van der Waals surface area contributed by atoms with Crippen LogP contribution in [0.25, 0.3) is 5.57 Å². The van der Waals surface area contributed by atoms with E-state index in [-0.39, 0.29) is 21.2 Å². The molecule has 2 aliphatic rings. The standard InChI is InChI=1S/C21H15N3O6S/c1-10-6-7-11(20(29)30)8-13(10)22-21-23-18(27)17(31-21)16-12-4-2-3-5-14(12)24(19(16)28)9-15(25)26/h2-8H,9H2,1H3,(H,25,26)(H,29,30)(H,22,23,27). The van der Waals surface area contributed by atoms with Gasteiger partial charge in [0.15, 0.2) is 5.17 Å². The first kappa shape index (κ1) is 20.4. The number of benzene rings is 2. The van der Waals surface area contributed by atoms with Crippen LogP contribution in [0.3, 0.4) is 0 Å². The largest absolute Gasteiger partial charge is 0.480 e. The number of para-hydroxylation sites is 1. The number of amides is 2. The van der Waals surface area contributed by atoms with E-state index >= 15 is 0 Å². The van der Waals surface area contributed by atoms with Crippen molar-refractivity contribution < 1.29 is 29.4 Å². The van der Waals surface area contributed by atoms with Crippen molar-refractivity contribution in [2.24, 2.45) is 4.99 Å². The van der Waals surface area contributed by atoms with Gasteiger partial charge in [0.05, 0.1) is 27.4 Å². The first-order valence-electron chi connectivity index (χ1n) is 9.05. The van der Waals surface area contributed by atoms with Crippen LogP contribution in [-0.4, -0.2) is 45.7 Å². The number of nitrogens with one attached hydrogen (secondary N) is 1. The Kier molecular flexibility index (Phi) is 5.07. The summed E-state index contributed by atoms with van der Waals surface area (Å²) in [7, 11) is 0. The number of aryl methyl sites for hydroxylation is 1. The topological polar surface area (TPSA) is 136 Å². The van der Waals surface area contributed by atoms with Crippen molar-refractivity contribution in [3.05, 3.63) is 64.1 Å². The number of nitrogens with zero attached hydrogens (tertiary/aromatic N) is 2. The number of hydrogen-bond acceptors (Lipinski definition) is 6. The molecule has 0 aliphatic carbocycles. The number of carbonyl (C=O) groups excluding carboxylic acids is 2. The van der Waals surface area contributed by atoms with Crippen molar-refractivity contribution in [1.29, 1.82) is 0 Å². The summed E-state index contributed by atoms with van der Waals surface area (Å²) in [5, 5.41) is 21.1. The predicted molar refractivity (Wildman–Crippen MR) is 114 cm³/mol. The molecule has 0 aromatic heterocycles. The highest BCUT2D eigenvalue weighted by Gasteiger charge is 2.39. The van der Waals surface area contributed by atoms with Crippen LogP contribution in [0, 0.1) is 6.92 Å². The van der Waals surface area contributed by atoms with E-state index in [4.69, 9.17) is 5.11 Å². The van der Waals surface area contributed by atoms with Crippen molar-refractivity contribution in [3.8, 4) is 0 Å². The van der Waals surface area contributed by atoms with Gasteiger partial charge in [0.1, 0.15) is 6.54 Å². The van der Waals surface area contributed by atoms with Crippen molar-refractivity contribution in [3.63, 3.8) is 0 Å². The predicted octanol–water partition coefficient (Wildman–Crippen LogP) is 2.39. The minimum Gasteiger partial charge on any atom is -0.480 e. The molecule has 9 nitrogen and oxygen atoms in total. The maximum absolute atomic E-state index is 13.0. The van der Waals surface area contributed by atoms with Crippen molar-refractivity contribution in [1.82, 2.24) is 5.32 Å². The summed E-state index contributed by atoms with van der Waals surface area (Å²) in [5.41, 5.74) is 2.14. The number of carboxylic acids is 2. The van der Waals surface area contributed by atoms with Gasteiger partial charge in [-0.25, -0.2) is 9.79 Å². The molecule has 3 N–H and O–H groups in total. The van der Waals surface area contributed by atoms with Crippen LogP contribution >= 0.6 is 11.8 Å². The van der Waals surface area contributed by atoms with Crippen LogP contribution in [0.2, 0.25) is 0 Å². The first-order chi connectivity index (χ1) is 14.8. The zero-order valence-corrected chi connectivity index (χ0v) is 16.9. The number of anilines is 1. The van der Waals surface area contributed by atoms with Gasteiger partial charge >= 0.3 is 11.9 Å². The van der Waals surface area contributed by atoms with Crippen LogP contribution < -0.4 is 10.2 Å². The number of rotatable bonds is 4. The summed E-state index contributed by atoms with van der Waals surface area (Å²) in [4.78, 5) is 53.6. The number of hydrogen-bond donors (Lipinski definition) is 3. The summed E-state index contributed by atoms with van der Waals surface area (Å²) >= 11 is 0.949. The third-order valence-electron chi connectivity index (χ3n) is 4.75. The monoisotopic (exact) mass is 437 g/mol. The smallest absolute Gasteiger partial charge is 0.335 e. The molecular formula is C21H15N3O6S. The molecule has 2 aromatic rings. The van der Waals surface area contributed by atoms with Gasteiger partial charge in [0.25, 0.3) is 11.8 Å². The second kappa shape index (κ2) is 7.73. The minimum atomic E-state index is -1.17. The Morgan fingerprint density at radius 2 is 1.87 bits per heavy atom. The summed E-state index contributed by atoms with van der Waals surface area (Å²) in [6.07, 6.45) is 0. The molecule has 10 heteroatoms. The van der Waals surface area contributed by atoms with Gasteiger partial charge in [-0.15, -0.1) is 0 Å². The molecule has 0 atom stereocenters. The van der Waals surface area contributed by atoms with Crippen LogP contribution in [0.15, 0.2) is 52.4 Å². The van der Waals surface area contributed by atoms with Gasteiger partial charge in [0, 0.05) is 5.56 Å². The third kappa shape index (κ3) is 3.68. The second-order valence-electron chi connectivity index (χ2n) is 6.79. The fraction of sp³-hybridized carbons (Fsp3) is 0.0952. The number of aromatic carboxylic acids is 1. The quantitative estimate of drug-likeness (QED) is 0.625. The summed E-state index contributed by atoms with van der Waals surface area (Å²) in [6.45, 7) is 1.23.